The molecule has 1 aliphatic heterocycles. The smallest absolute Gasteiger partial charge is 0.206 e. The number of rotatable bonds is 8. The van der Waals surface area contributed by atoms with Crippen LogP contribution < -0.4 is 10.2 Å². The molecule has 0 atom stereocenters. The van der Waals surface area contributed by atoms with E-state index in [1.54, 1.807) is 16.2 Å². The second kappa shape index (κ2) is 8.26. The Hall–Kier alpha value is -1.61. The summed E-state index contributed by atoms with van der Waals surface area (Å²) in [4.78, 5) is 13.8. The third-order valence-electron chi connectivity index (χ3n) is 5.98. The molecule has 4 rings (SSSR count). The van der Waals surface area contributed by atoms with E-state index in [1.165, 1.54) is 41.9 Å². The maximum Gasteiger partial charge on any atom is 0.206 e. The minimum absolute atomic E-state index is 0.146. The zero-order valence-corrected chi connectivity index (χ0v) is 19.2. The van der Waals surface area contributed by atoms with Gasteiger partial charge in [0.05, 0.1) is 43.8 Å². The Balaban J connectivity index is 1.55. The van der Waals surface area contributed by atoms with Crippen LogP contribution in [0.25, 0.3) is 15.9 Å². The van der Waals surface area contributed by atoms with Gasteiger partial charge in [-0.1, -0.05) is 0 Å². The van der Waals surface area contributed by atoms with Crippen LogP contribution in [-0.4, -0.2) is 51.4 Å². The van der Waals surface area contributed by atoms with Gasteiger partial charge in [-0.2, -0.15) is 4.52 Å². The quantitative estimate of drug-likeness (QED) is 0.533. The normalized spacial score (nSPS) is 16.2. The average Bonchev–Trinajstić information content (AvgIpc) is 3.25. The lowest BCUT2D eigenvalue weighted by Gasteiger charge is -2.30. The summed E-state index contributed by atoms with van der Waals surface area (Å²) in [6.45, 7) is 17.1. The summed E-state index contributed by atoms with van der Waals surface area (Å²) >= 11 is 1.74. The summed E-state index contributed by atoms with van der Waals surface area (Å²) in [7, 11) is 0. The van der Waals surface area contributed by atoms with Gasteiger partial charge in [0, 0.05) is 17.7 Å². The molecule has 1 aliphatic rings. The highest BCUT2D eigenvalue weighted by atomic mass is 32.1. The number of nitrogens with one attached hydrogen (secondary N) is 1. The first-order valence-electron chi connectivity index (χ1n) is 10.9. The van der Waals surface area contributed by atoms with Crippen molar-refractivity contribution in [2.24, 2.45) is 0 Å². The third kappa shape index (κ3) is 4.17. The van der Waals surface area contributed by atoms with Crippen molar-refractivity contribution in [2.75, 3.05) is 26.2 Å². The van der Waals surface area contributed by atoms with Gasteiger partial charge in [0.25, 0.3) is 0 Å². The molecule has 0 saturated carbocycles. The summed E-state index contributed by atoms with van der Waals surface area (Å²) in [5, 5.41) is 8.28. The van der Waals surface area contributed by atoms with E-state index in [0.29, 0.717) is 6.61 Å². The number of ether oxygens (including phenoxy) is 1. The van der Waals surface area contributed by atoms with Crippen molar-refractivity contribution < 1.29 is 15.0 Å². The van der Waals surface area contributed by atoms with E-state index in [4.69, 9.17) is 19.8 Å². The Kier molecular flexibility index (Phi) is 5.88. The molecule has 3 aromatic heterocycles. The predicted octanol–water partition coefficient (Wildman–Crippen LogP) is 0.877. The van der Waals surface area contributed by atoms with E-state index in [1.807, 2.05) is 11.4 Å². The molecule has 0 aliphatic carbocycles. The fourth-order valence-corrected chi connectivity index (χ4v) is 5.35. The molecule has 158 valence electrons. The molecule has 0 unspecified atom stereocenters. The number of nitrogens with zero attached hydrogens (tertiary/aromatic N) is 4. The van der Waals surface area contributed by atoms with Crippen LogP contribution in [0.4, 0.5) is 0 Å². The number of aromatic nitrogens is 4. The molecule has 0 spiro atoms. The zero-order valence-electron chi connectivity index (χ0n) is 18.3. The molecule has 4 heterocycles. The predicted molar refractivity (Wildman–Crippen MR) is 115 cm³/mol. The third-order valence-corrected chi connectivity index (χ3v) is 7.08. The van der Waals surface area contributed by atoms with Crippen LogP contribution in [-0.2, 0) is 24.3 Å². The Morgan fingerprint density at radius 1 is 1.24 bits per heavy atom. The number of thiophene rings is 1. The zero-order chi connectivity index (χ0) is 20.6. The second-order valence-electron chi connectivity index (χ2n) is 8.67. The Morgan fingerprint density at radius 3 is 2.79 bits per heavy atom. The molecular formula is C21H34N6OS+2. The first kappa shape index (κ1) is 20.7. The van der Waals surface area contributed by atoms with Crippen molar-refractivity contribution in [1.29, 1.82) is 0 Å². The molecule has 0 saturated heterocycles. The summed E-state index contributed by atoms with van der Waals surface area (Å²) < 4.78 is 7.94. The monoisotopic (exact) mass is 418 g/mol. The largest absolute Gasteiger partial charge is 0.370 e. The van der Waals surface area contributed by atoms with Crippen molar-refractivity contribution >= 4 is 27.2 Å². The summed E-state index contributed by atoms with van der Waals surface area (Å²) in [5.74, 6) is 1.79. The van der Waals surface area contributed by atoms with Crippen molar-refractivity contribution in [3.05, 3.63) is 22.1 Å². The Bertz CT molecular complexity index is 1000. The van der Waals surface area contributed by atoms with Gasteiger partial charge in [-0.15, -0.1) is 16.4 Å². The highest BCUT2D eigenvalue weighted by molar-refractivity contribution is 7.19. The van der Waals surface area contributed by atoms with Crippen LogP contribution in [0.1, 0.15) is 56.2 Å². The molecular weight excluding hydrogens is 384 g/mol. The molecule has 0 amide bonds. The van der Waals surface area contributed by atoms with Crippen molar-refractivity contribution in [3.8, 4) is 0 Å². The second-order valence-corrected chi connectivity index (χ2v) is 9.76. The first-order chi connectivity index (χ1) is 13.9. The number of hydrogen-bond donors (Lipinski definition) is 2. The average molecular weight is 419 g/mol. The molecule has 7 nitrogen and oxygen atoms in total. The standard InChI is InChI=1S/C21H32N6OS/c1-6-26(7-2)10-8-9-22-12-17-24-19-18-15-11-21(4,5)28-13-16(15)29-20(18)23-14(3)27(19)25-17/h22H,6-13H2,1-5H3/p+2. The van der Waals surface area contributed by atoms with Gasteiger partial charge in [-0.05, 0) is 40.2 Å². The number of quaternary nitrogens is 2. The van der Waals surface area contributed by atoms with Crippen LogP contribution in [0.15, 0.2) is 0 Å². The molecule has 0 fully saturated rings. The minimum Gasteiger partial charge on any atom is -0.370 e. The van der Waals surface area contributed by atoms with Gasteiger partial charge in [-0.3, -0.25) is 0 Å². The Labute approximate surface area is 176 Å². The van der Waals surface area contributed by atoms with Gasteiger partial charge in [0.15, 0.2) is 5.65 Å². The maximum atomic E-state index is 6.01. The number of hydrogen-bond acceptors (Lipinski definition) is 5. The van der Waals surface area contributed by atoms with Gasteiger partial charge < -0.3 is 15.0 Å². The van der Waals surface area contributed by atoms with E-state index in [0.717, 1.165) is 41.6 Å². The van der Waals surface area contributed by atoms with E-state index < -0.39 is 0 Å². The van der Waals surface area contributed by atoms with Crippen LogP contribution in [0.3, 0.4) is 0 Å². The SMILES string of the molecule is CC[NH+](CC)CCC[NH2+]Cc1nc2c3c4c(sc3nc(C)n2n1)COC(C)(C)C4. The van der Waals surface area contributed by atoms with Crippen molar-refractivity contribution in [3.63, 3.8) is 0 Å². The van der Waals surface area contributed by atoms with E-state index in [9.17, 15) is 0 Å². The lowest BCUT2D eigenvalue weighted by Crippen LogP contribution is -3.11. The topological polar surface area (TPSA) is 73.4 Å². The lowest BCUT2D eigenvalue weighted by atomic mass is 9.94. The van der Waals surface area contributed by atoms with Crippen LogP contribution in [0.2, 0.25) is 0 Å². The van der Waals surface area contributed by atoms with Gasteiger partial charge in [0.1, 0.15) is 17.2 Å². The molecule has 8 heteroatoms. The summed E-state index contributed by atoms with van der Waals surface area (Å²) in [6.07, 6.45) is 2.12. The van der Waals surface area contributed by atoms with Crippen molar-refractivity contribution in [2.45, 2.75) is 66.2 Å². The number of aryl methyl sites for hydroxylation is 1. The fourth-order valence-electron chi connectivity index (χ4n) is 4.20. The van der Waals surface area contributed by atoms with E-state index >= 15 is 0 Å². The minimum atomic E-state index is -0.146. The summed E-state index contributed by atoms with van der Waals surface area (Å²) in [6, 6.07) is 0. The maximum absolute atomic E-state index is 6.01. The number of fused-ring (bicyclic) bond motifs is 5. The van der Waals surface area contributed by atoms with Gasteiger partial charge >= 0.3 is 0 Å². The van der Waals surface area contributed by atoms with Gasteiger partial charge in [-0.25, -0.2) is 9.97 Å². The van der Waals surface area contributed by atoms with Gasteiger partial charge in [0.2, 0.25) is 5.82 Å². The molecule has 0 bridgehead atoms. The summed E-state index contributed by atoms with van der Waals surface area (Å²) in [5.41, 5.74) is 2.16. The molecule has 29 heavy (non-hydrogen) atoms. The fraction of sp³-hybridized carbons (Fsp3) is 0.667. The van der Waals surface area contributed by atoms with Crippen molar-refractivity contribution in [1.82, 2.24) is 19.6 Å². The first-order valence-corrected chi connectivity index (χ1v) is 11.7. The lowest BCUT2D eigenvalue weighted by molar-refractivity contribution is -0.898. The van der Waals surface area contributed by atoms with Crippen LogP contribution >= 0.6 is 11.3 Å². The van der Waals surface area contributed by atoms with E-state index in [2.05, 4.69) is 33.0 Å². The molecule has 0 radical (unpaired) electrons. The highest BCUT2D eigenvalue weighted by Crippen LogP contribution is 2.39. The van der Waals surface area contributed by atoms with E-state index in [-0.39, 0.29) is 5.60 Å². The van der Waals surface area contributed by atoms with Crippen LogP contribution in [0.5, 0.6) is 0 Å². The molecule has 3 aromatic rings. The molecule has 0 aromatic carbocycles. The highest BCUT2D eigenvalue weighted by Gasteiger charge is 2.31. The van der Waals surface area contributed by atoms with Crippen LogP contribution in [0, 0.1) is 6.92 Å². The Morgan fingerprint density at radius 2 is 2.03 bits per heavy atom. The molecule has 3 N–H and O–H groups in total. The number of nitrogens with two attached hydrogens (primary N) is 1.